The average molecular weight is 409 g/mol. The minimum absolute atomic E-state index is 0.134. The third kappa shape index (κ3) is 5.02. The molecule has 1 unspecified atom stereocenters. The Kier molecular flexibility index (Phi) is 6.24. The lowest BCUT2D eigenvalue weighted by Gasteiger charge is -2.32. The number of nitrogens with one attached hydrogen (secondary N) is 1. The third-order valence-electron chi connectivity index (χ3n) is 6.28. The minimum Gasteiger partial charge on any atom is -0.356 e. The maximum absolute atomic E-state index is 12.5. The Balaban J connectivity index is 1.17. The molecule has 1 aliphatic carbocycles. The van der Waals surface area contributed by atoms with Crippen LogP contribution in [0.1, 0.15) is 24.8 Å². The predicted octanol–water partition coefficient (Wildman–Crippen LogP) is 3.77. The molecular formula is C24H28N2O2S. The maximum Gasteiger partial charge on any atom is 0.232 e. The number of nitrogens with zero attached hydrogens (tertiary/aromatic N) is 1. The lowest BCUT2D eigenvalue weighted by atomic mass is 9.90. The minimum atomic E-state index is 0.134. The molecular weight excluding hydrogens is 380 g/mol. The van der Waals surface area contributed by atoms with Crippen LogP contribution in [0.15, 0.2) is 65.6 Å². The monoisotopic (exact) mass is 408 g/mol. The summed E-state index contributed by atoms with van der Waals surface area (Å²) in [6, 6.07) is 20.3. The van der Waals surface area contributed by atoms with Crippen molar-refractivity contribution in [2.24, 2.45) is 11.3 Å². The highest BCUT2D eigenvalue weighted by Gasteiger charge is 2.58. The van der Waals surface area contributed by atoms with Crippen LogP contribution in [-0.4, -0.2) is 42.1 Å². The van der Waals surface area contributed by atoms with Gasteiger partial charge in [0.25, 0.3) is 0 Å². The molecule has 1 spiro atoms. The van der Waals surface area contributed by atoms with Gasteiger partial charge in [-0.3, -0.25) is 9.59 Å². The molecule has 0 aromatic heterocycles. The highest BCUT2D eigenvalue weighted by molar-refractivity contribution is 8.00. The Morgan fingerprint density at radius 2 is 1.66 bits per heavy atom. The number of amides is 2. The van der Waals surface area contributed by atoms with E-state index in [0.29, 0.717) is 12.3 Å². The molecule has 1 atom stereocenters. The second kappa shape index (κ2) is 9.04. The molecule has 1 aliphatic heterocycles. The summed E-state index contributed by atoms with van der Waals surface area (Å²) in [6.45, 7) is 2.25. The zero-order valence-corrected chi connectivity index (χ0v) is 17.5. The normalized spacial score (nSPS) is 19.7. The number of piperidine rings is 1. The number of carbonyl (C=O) groups is 2. The fourth-order valence-corrected chi connectivity index (χ4v) is 5.15. The van der Waals surface area contributed by atoms with Crippen LogP contribution in [0.3, 0.4) is 0 Å². The van der Waals surface area contributed by atoms with Gasteiger partial charge in [-0.2, -0.15) is 0 Å². The summed E-state index contributed by atoms with van der Waals surface area (Å²) in [5, 5.41) is 3.11. The molecule has 5 heteroatoms. The van der Waals surface area contributed by atoms with E-state index in [-0.39, 0.29) is 23.1 Å². The predicted molar refractivity (Wildman–Crippen MR) is 117 cm³/mol. The number of benzene rings is 2. The van der Waals surface area contributed by atoms with E-state index in [2.05, 4.69) is 17.4 Å². The Hall–Kier alpha value is -2.27. The van der Waals surface area contributed by atoms with Gasteiger partial charge < -0.3 is 10.2 Å². The first-order chi connectivity index (χ1) is 14.2. The van der Waals surface area contributed by atoms with Gasteiger partial charge in [0.05, 0.1) is 5.75 Å². The molecule has 1 N–H and O–H groups in total. The number of hydrogen-bond donors (Lipinski definition) is 1. The molecule has 2 aliphatic rings. The summed E-state index contributed by atoms with van der Waals surface area (Å²) in [4.78, 5) is 28.2. The SMILES string of the molecule is O=C(NCCc1ccccc1)C1CC12CCN(C(=O)CSc1ccccc1)CC2. The van der Waals surface area contributed by atoms with Crippen LogP contribution in [0.4, 0.5) is 0 Å². The first-order valence-corrected chi connectivity index (χ1v) is 11.4. The molecule has 1 saturated heterocycles. The molecule has 1 heterocycles. The van der Waals surface area contributed by atoms with E-state index in [1.54, 1.807) is 11.8 Å². The van der Waals surface area contributed by atoms with E-state index in [0.717, 1.165) is 43.7 Å². The van der Waals surface area contributed by atoms with Gasteiger partial charge in [-0.15, -0.1) is 11.8 Å². The number of rotatable bonds is 7. The summed E-state index contributed by atoms with van der Waals surface area (Å²) >= 11 is 1.60. The van der Waals surface area contributed by atoms with Crippen LogP contribution in [0.5, 0.6) is 0 Å². The summed E-state index contributed by atoms with van der Waals surface area (Å²) < 4.78 is 0. The van der Waals surface area contributed by atoms with Crippen LogP contribution in [0.2, 0.25) is 0 Å². The van der Waals surface area contributed by atoms with Crippen LogP contribution in [-0.2, 0) is 16.0 Å². The molecule has 4 rings (SSSR count). The molecule has 2 aromatic rings. The van der Waals surface area contributed by atoms with Gasteiger partial charge in [-0.05, 0) is 48.8 Å². The van der Waals surface area contributed by atoms with Gasteiger partial charge in [-0.25, -0.2) is 0 Å². The topological polar surface area (TPSA) is 49.4 Å². The summed E-state index contributed by atoms with van der Waals surface area (Å²) in [7, 11) is 0. The number of hydrogen-bond acceptors (Lipinski definition) is 3. The van der Waals surface area contributed by atoms with Crippen LogP contribution in [0, 0.1) is 11.3 Å². The van der Waals surface area contributed by atoms with E-state index in [1.807, 2.05) is 53.4 Å². The third-order valence-corrected chi connectivity index (χ3v) is 7.28. The molecule has 2 aromatic carbocycles. The standard InChI is InChI=1S/C24H28N2O2S/c27-22(18-29-20-9-5-2-6-10-20)26-15-12-24(13-16-26)17-21(24)23(28)25-14-11-19-7-3-1-4-8-19/h1-10,21H,11-18H2,(H,25,28). The van der Waals surface area contributed by atoms with Crippen molar-refractivity contribution in [3.63, 3.8) is 0 Å². The van der Waals surface area contributed by atoms with E-state index in [4.69, 9.17) is 0 Å². The van der Waals surface area contributed by atoms with Crippen molar-refractivity contribution in [3.8, 4) is 0 Å². The smallest absolute Gasteiger partial charge is 0.232 e. The van der Waals surface area contributed by atoms with Crippen LogP contribution < -0.4 is 5.32 Å². The molecule has 2 fully saturated rings. The lowest BCUT2D eigenvalue weighted by Crippen LogP contribution is -2.41. The maximum atomic E-state index is 12.5. The van der Waals surface area contributed by atoms with Crippen molar-refractivity contribution in [3.05, 3.63) is 66.2 Å². The van der Waals surface area contributed by atoms with Gasteiger partial charge in [0.1, 0.15) is 0 Å². The molecule has 0 bridgehead atoms. The first kappa shape index (κ1) is 20.0. The quantitative estimate of drug-likeness (QED) is 0.710. The highest BCUT2D eigenvalue weighted by Crippen LogP contribution is 2.59. The summed E-state index contributed by atoms with van der Waals surface area (Å²) in [5.41, 5.74) is 1.39. The molecule has 1 saturated carbocycles. The Labute approximate surface area is 177 Å². The van der Waals surface area contributed by atoms with Gasteiger partial charge >= 0.3 is 0 Å². The fourth-order valence-electron chi connectivity index (χ4n) is 4.32. The summed E-state index contributed by atoms with van der Waals surface area (Å²) in [5.74, 6) is 1.02. The van der Waals surface area contributed by atoms with Crippen LogP contribution in [0.25, 0.3) is 0 Å². The highest BCUT2D eigenvalue weighted by atomic mass is 32.2. The first-order valence-electron chi connectivity index (χ1n) is 10.4. The zero-order valence-electron chi connectivity index (χ0n) is 16.7. The second-order valence-corrected chi connectivity index (χ2v) is 9.18. The molecule has 0 radical (unpaired) electrons. The van der Waals surface area contributed by atoms with Gasteiger partial charge in [0.2, 0.25) is 11.8 Å². The largest absolute Gasteiger partial charge is 0.356 e. The van der Waals surface area contributed by atoms with Crippen molar-refractivity contribution in [1.82, 2.24) is 10.2 Å². The fraction of sp³-hybridized carbons (Fsp3) is 0.417. The Morgan fingerprint density at radius 1 is 1.00 bits per heavy atom. The zero-order chi connectivity index (χ0) is 20.1. The molecule has 29 heavy (non-hydrogen) atoms. The number of likely N-dealkylation sites (tertiary alicyclic amines) is 1. The Morgan fingerprint density at radius 3 is 2.34 bits per heavy atom. The van der Waals surface area contributed by atoms with E-state index in [9.17, 15) is 9.59 Å². The van der Waals surface area contributed by atoms with Crippen molar-refractivity contribution >= 4 is 23.6 Å². The van der Waals surface area contributed by atoms with Crippen molar-refractivity contribution in [2.45, 2.75) is 30.6 Å². The lowest BCUT2D eigenvalue weighted by molar-refractivity contribution is -0.130. The second-order valence-electron chi connectivity index (χ2n) is 8.13. The average Bonchev–Trinajstić information content (AvgIpc) is 3.47. The van der Waals surface area contributed by atoms with Crippen molar-refractivity contribution < 1.29 is 9.59 Å². The van der Waals surface area contributed by atoms with Gasteiger partial charge in [0.15, 0.2) is 0 Å². The number of carbonyl (C=O) groups excluding carboxylic acids is 2. The van der Waals surface area contributed by atoms with E-state index < -0.39 is 0 Å². The van der Waals surface area contributed by atoms with Crippen molar-refractivity contribution in [2.75, 3.05) is 25.4 Å². The van der Waals surface area contributed by atoms with E-state index in [1.165, 1.54) is 5.56 Å². The van der Waals surface area contributed by atoms with Crippen LogP contribution >= 0.6 is 11.8 Å². The molecule has 152 valence electrons. The number of thioether (sulfide) groups is 1. The van der Waals surface area contributed by atoms with E-state index >= 15 is 0 Å². The molecule has 2 amide bonds. The Bertz CT molecular complexity index is 832. The van der Waals surface area contributed by atoms with Crippen molar-refractivity contribution in [1.29, 1.82) is 0 Å². The molecule has 4 nitrogen and oxygen atoms in total. The van der Waals surface area contributed by atoms with Gasteiger partial charge in [-0.1, -0.05) is 48.5 Å². The summed E-state index contributed by atoms with van der Waals surface area (Å²) in [6.07, 6.45) is 3.75. The van der Waals surface area contributed by atoms with Gasteiger partial charge in [0, 0.05) is 30.4 Å².